The van der Waals surface area contributed by atoms with Gasteiger partial charge in [0.05, 0.1) is 6.04 Å². The van der Waals surface area contributed by atoms with Crippen LogP contribution in [0.1, 0.15) is 51.0 Å². The van der Waals surface area contributed by atoms with E-state index in [0.717, 1.165) is 12.3 Å². The number of nitrogens with zero attached hydrogens (tertiary/aromatic N) is 1. The Hall–Kier alpha value is 0.1000. The van der Waals surface area contributed by atoms with Crippen LogP contribution in [0.3, 0.4) is 0 Å². The molecular weight excluding hydrogens is 320 g/mol. The van der Waals surface area contributed by atoms with E-state index in [0.29, 0.717) is 12.1 Å². The highest BCUT2D eigenvalue weighted by Gasteiger charge is 2.33. The number of rotatable bonds is 7. The molecule has 1 fully saturated rings. The molecule has 0 amide bonds. The molecule has 1 heterocycles. The minimum Gasteiger partial charge on any atom is -0.326 e. The van der Waals surface area contributed by atoms with Crippen molar-refractivity contribution in [1.82, 2.24) is 4.90 Å². The zero-order valence-electron chi connectivity index (χ0n) is 12.1. The van der Waals surface area contributed by atoms with Crippen LogP contribution >= 0.6 is 27.3 Å². The van der Waals surface area contributed by atoms with Gasteiger partial charge in [0.15, 0.2) is 0 Å². The maximum atomic E-state index is 6.44. The predicted molar refractivity (Wildman–Crippen MR) is 87.6 cm³/mol. The zero-order valence-corrected chi connectivity index (χ0v) is 14.5. The molecule has 0 saturated heterocycles. The van der Waals surface area contributed by atoms with E-state index in [4.69, 9.17) is 5.73 Å². The highest BCUT2D eigenvalue weighted by Crippen LogP contribution is 2.37. The molecule has 2 unspecified atom stereocenters. The predicted octanol–water partition coefficient (Wildman–Crippen LogP) is 4.41. The van der Waals surface area contributed by atoms with Crippen LogP contribution in [0, 0.1) is 5.92 Å². The van der Waals surface area contributed by atoms with Gasteiger partial charge in [-0.25, -0.2) is 0 Å². The smallest absolute Gasteiger partial charge is 0.0596 e. The van der Waals surface area contributed by atoms with Gasteiger partial charge >= 0.3 is 0 Å². The van der Waals surface area contributed by atoms with E-state index in [9.17, 15) is 0 Å². The fourth-order valence-corrected chi connectivity index (χ4v) is 4.21. The summed E-state index contributed by atoms with van der Waals surface area (Å²) < 4.78 is 1.18. The number of hydrogen-bond acceptors (Lipinski definition) is 3. The summed E-state index contributed by atoms with van der Waals surface area (Å²) in [6.07, 6.45) is 3.81. The minimum absolute atomic E-state index is 0.215. The summed E-state index contributed by atoms with van der Waals surface area (Å²) in [6.45, 7) is 7.97. The van der Waals surface area contributed by atoms with Gasteiger partial charge in [0.25, 0.3) is 0 Å². The number of hydrogen-bond donors (Lipinski definition) is 1. The van der Waals surface area contributed by atoms with Crippen LogP contribution in [0.25, 0.3) is 0 Å². The standard InChI is InChI=1S/C15H25BrN2S/c1-4-13(17)15(14-7-12(16)9-19-14)18(10(2)3)8-11-5-6-11/h7,9-11,13,15H,4-6,8,17H2,1-3H3. The second-order valence-corrected chi connectivity index (χ2v) is 7.78. The minimum atomic E-state index is 0.215. The molecule has 0 aliphatic heterocycles. The molecule has 1 aromatic rings. The fraction of sp³-hybridized carbons (Fsp3) is 0.733. The van der Waals surface area contributed by atoms with E-state index in [1.54, 1.807) is 0 Å². The summed E-state index contributed by atoms with van der Waals surface area (Å²) in [5.41, 5.74) is 6.44. The average molecular weight is 345 g/mol. The summed E-state index contributed by atoms with van der Waals surface area (Å²) in [6, 6.07) is 3.37. The molecule has 1 saturated carbocycles. The molecule has 108 valence electrons. The van der Waals surface area contributed by atoms with Gasteiger partial charge in [-0.15, -0.1) is 11.3 Å². The van der Waals surface area contributed by atoms with Crippen molar-refractivity contribution in [2.75, 3.05) is 6.54 Å². The van der Waals surface area contributed by atoms with Crippen molar-refractivity contribution in [3.8, 4) is 0 Å². The number of halogens is 1. The third-order valence-corrected chi connectivity index (χ3v) is 5.71. The van der Waals surface area contributed by atoms with Crippen molar-refractivity contribution in [2.24, 2.45) is 11.7 Å². The Labute approximate surface area is 129 Å². The Kier molecular flexibility index (Phi) is 5.46. The number of nitrogens with two attached hydrogens (primary N) is 1. The second kappa shape index (κ2) is 6.70. The SMILES string of the molecule is CCC(N)C(c1cc(Br)cs1)N(CC1CC1)C(C)C. The Balaban J connectivity index is 2.22. The number of thiophene rings is 1. The second-order valence-electron chi connectivity index (χ2n) is 5.92. The average Bonchev–Trinajstić information content (AvgIpc) is 3.09. The van der Waals surface area contributed by atoms with Crippen molar-refractivity contribution < 1.29 is 0 Å². The first-order valence-corrected chi connectivity index (χ1v) is 8.95. The van der Waals surface area contributed by atoms with Crippen LogP contribution in [0.15, 0.2) is 15.9 Å². The Bertz CT molecular complexity index is 401. The molecule has 2 N–H and O–H groups in total. The van der Waals surface area contributed by atoms with Crippen molar-refractivity contribution in [1.29, 1.82) is 0 Å². The molecule has 4 heteroatoms. The van der Waals surface area contributed by atoms with Crippen molar-refractivity contribution in [3.63, 3.8) is 0 Å². The summed E-state index contributed by atoms with van der Waals surface area (Å²) in [5, 5.41) is 2.17. The first-order chi connectivity index (χ1) is 9.02. The van der Waals surface area contributed by atoms with E-state index in [2.05, 4.69) is 53.0 Å². The van der Waals surface area contributed by atoms with Crippen LogP contribution in [0.2, 0.25) is 0 Å². The molecule has 1 aliphatic rings. The van der Waals surface area contributed by atoms with Crippen LogP contribution in [0.4, 0.5) is 0 Å². The van der Waals surface area contributed by atoms with Gasteiger partial charge in [-0.05, 0) is 61.0 Å². The molecule has 0 bridgehead atoms. The van der Waals surface area contributed by atoms with Gasteiger partial charge in [0.2, 0.25) is 0 Å². The van der Waals surface area contributed by atoms with Gasteiger partial charge in [-0.1, -0.05) is 6.92 Å². The van der Waals surface area contributed by atoms with E-state index in [1.165, 1.54) is 28.7 Å². The van der Waals surface area contributed by atoms with Gasteiger partial charge in [0, 0.05) is 33.4 Å². The maximum Gasteiger partial charge on any atom is 0.0596 e. The van der Waals surface area contributed by atoms with E-state index >= 15 is 0 Å². The van der Waals surface area contributed by atoms with Crippen molar-refractivity contribution in [3.05, 3.63) is 20.8 Å². The van der Waals surface area contributed by atoms with E-state index in [-0.39, 0.29) is 6.04 Å². The molecule has 1 aromatic heterocycles. The van der Waals surface area contributed by atoms with E-state index in [1.807, 2.05) is 11.3 Å². The summed E-state index contributed by atoms with van der Waals surface area (Å²) >= 11 is 5.40. The van der Waals surface area contributed by atoms with Gasteiger partial charge < -0.3 is 5.73 Å². The summed E-state index contributed by atoms with van der Waals surface area (Å²) in [4.78, 5) is 4.01. The summed E-state index contributed by atoms with van der Waals surface area (Å²) in [5.74, 6) is 0.900. The van der Waals surface area contributed by atoms with Gasteiger partial charge in [0.1, 0.15) is 0 Å². The molecule has 0 radical (unpaired) electrons. The third kappa shape index (κ3) is 4.03. The molecule has 1 aliphatic carbocycles. The first-order valence-electron chi connectivity index (χ1n) is 7.28. The normalized spacial score (nSPS) is 19.1. The molecule has 2 rings (SSSR count). The third-order valence-electron chi connectivity index (χ3n) is 3.94. The van der Waals surface area contributed by atoms with Crippen LogP contribution < -0.4 is 5.73 Å². The summed E-state index contributed by atoms with van der Waals surface area (Å²) in [7, 11) is 0. The molecule has 0 aromatic carbocycles. The molecular formula is C15H25BrN2S. The molecule has 19 heavy (non-hydrogen) atoms. The van der Waals surface area contributed by atoms with Crippen LogP contribution in [0.5, 0.6) is 0 Å². The highest BCUT2D eigenvalue weighted by molar-refractivity contribution is 9.10. The van der Waals surface area contributed by atoms with Crippen LogP contribution in [-0.4, -0.2) is 23.5 Å². The Morgan fingerprint density at radius 2 is 2.16 bits per heavy atom. The quantitative estimate of drug-likeness (QED) is 0.793. The lowest BCUT2D eigenvalue weighted by Gasteiger charge is -2.37. The topological polar surface area (TPSA) is 29.3 Å². The van der Waals surface area contributed by atoms with Crippen molar-refractivity contribution >= 4 is 27.3 Å². The van der Waals surface area contributed by atoms with Crippen LogP contribution in [-0.2, 0) is 0 Å². The zero-order chi connectivity index (χ0) is 14.0. The molecule has 2 atom stereocenters. The fourth-order valence-electron chi connectivity index (χ4n) is 2.57. The maximum absolute atomic E-state index is 6.44. The Morgan fingerprint density at radius 1 is 1.47 bits per heavy atom. The molecule has 0 spiro atoms. The highest BCUT2D eigenvalue weighted by atomic mass is 79.9. The van der Waals surface area contributed by atoms with Crippen molar-refractivity contribution in [2.45, 2.75) is 58.2 Å². The lowest BCUT2D eigenvalue weighted by molar-refractivity contribution is 0.126. The lowest BCUT2D eigenvalue weighted by Crippen LogP contribution is -2.44. The largest absolute Gasteiger partial charge is 0.326 e. The first kappa shape index (κ1) is 15.5. The van der Waals surface area contributed by atoms with Gasteiger partial charge in [-0.2, -0.15) is 0 Å². The monoisotopic (exact) mass is 344 g/mol. The van der Waals surface area contributed by atoms with E-state index < -0.39 is 0 Å². The molecule has 2 nitrogen and oxygen atoms in total. The lowest BCUT2D eigenvalue weighted by atomic mass is 10.0. The Morgan fingerprint density at radius 3 is 2.58 bits per heavy atom. The van der Waals surface area contributed by atoms with Gasteiger partial charge in [-0.3, -0.25) is 4.90 Å².